The minimum Gasteiger partial charge on any atom is -0.497 e. The standard InChI is InChI=1S/C28H22N4O4/c1-35-19-11-7-17(8-12-19)31-24-15-28(34)23-6-4-3-5-21(23)26(33)25(28)22(16-29)27(30)32(24)18-9-13-20(36-2)14-10-18/h3-14,30,34H,15H2,1-2H3. The van der Waals surface area contributed by atoms with Crippen LogP contribution in [-0.2, 0) is 5.60 Å². The van der Waals surface area contributed by atoms with E-state index >= 15 is 0 Å². The summed E-state index contributed by atoms with van der Waals surface area (Å²) >= 11 is 0. The van der Waals surface area contributed by atoms with Crippen molar-refractivity contribution < 1.29 is 19.4 Å². The van der Waals surface area contributed by atoms with E-state index in [2.05, 4.69) is 0 Å². The highest BCUT2D eigenvalue weighted by Crippen LogP contribution is 2.47. The Balaban J connectivity index is 1.75. The van der Waals surface area contributed by atoms with Crippen LogP contribution in [0.4, 0.5) is 11.4 Å². The van der Waals surface area contributed by atoms with Crippen molar-refractivity contribution in [1.82, 2.24) is 0 Å². The molecule has 1 aliphatic heterocycles. The summed E-state index contributed by atoms with van der Waals surface area (Å²) in [6.45, 7) is 0. The van der Waals surface area contributed by atoms with Crippen molar-refractivity contribution in [2.75, 3.05) is 19.1 Å². The van der Waals surface area contributed by atoms with E-state index in [0.29, 0.717) is 39.8 Å². The van der Waals surface area contributed by atoms with Gasteiger partial charge >= 0.3 is 0 Å². The van der Waals surface area contributed by atoms with Crippen molar-refractivity contribution in [3.05, 3.63) is 95.1 Å². The van der Waals surface area contributed by atoms with E-state index in [-0.39, 0.29) is 23.4 Å². The number of ether oxygens (including phenoxy) is 2. The zero-order chi connectivity index (χ0) is 25.4. The Morgan fingerprint density at radius 2 is 1.61 bits per heavy atom. The molecule has 3 aromatic carbocycles. The molecule has 2 aliphatic rings. The van der Waals surface area contributed by atoms with Crippen LogP contribution in [-0.4, -0.2) is 36.8 Å². The number of carbonyl (C=O) groups excluding carboxylic acids is 1. The number of fused-ring (bicyclic) bond motifs is 3. The molecule has 0 radical (unpaired) electrons. The first-order valence-electron chi connectivity index (χ1n) is 11.2. The van der Waals surface area contributed by atoms with Crippen LogP contribution >= 0.6 is 0 Å². The van der Waals surface area contributed by atoms with Crippen molar-refractivity contribution in [2.24, 2.45) is 4.99 Å². The molecule has 178 valence electrons. The van der Waals surface area contributed by atoms with E-state index in [1.807, 2.05) is 6.07 Å². The summed E-state index contributed by atoms with van der Waals surface area (Å²) in [5.41, 5.74) is -0.325. The summed E-state index contributed by atoms with van der Waals surface area (Å²) in [6, 6.07) is 22.7. The third-order valence-corrected chi connectivity index (χ3v) is 6.41. The number of aliphatic imine (C=N–C) groups is 1. The van der Waals surface area contributed by atoms with E-state index in [1.165, 1.54) is 4.90 Å². The lowest BCUT2D eigenvalue weighted by molar-refractivity contribution is 0.0797. The molecule has 1 heterocycles. The summed E-state index contributed by atoms with van der Waals surface area (Å²) in [7, 11) is 3.12. The van der Waals surface area contributed by atoms with Gasteiger partial charge in [-0.3, -0.25) is 15.1 Å². The molecule has 8 heteroatoms. The molecule has 5 rings (SSSR count). The number of aliphatic hydroxyl groups is 1. The minimum absolute atomic E-state index is 0.102. The van der Waals surface area contributed by atoms with Gasteiger partial charge in [0.05, 0.1) is 25.5 Å². The number of hydrogen-bond acceptors (Lipinski definition) is 7. The molecule has 0 spiro atoms. The monoisotopic (exact) mass is 478 g/mol. The molecule has 1 aliphatic carbocycles. The van der Waals surface area contributed by atoms with E-state index in [1.54, 1.807) is 87.0 Å². The Bertz CT molecular complexity index is 1480. The summed E-state index contributed by atoms with van der Waals surface area (Å²) in [6.07, 6.45) is -0.128. The number of carbonyl (C=O) groups is 1. The van der Waals surface area contributed by atoms with Gasteiger partial charge in [-0.15, -0.1) is 0 Å². The first-order valence-corrected chi connectivity index (χ1v) is 11.2. The summed E-state index contributed by atoms with van der Waals surface area (Å²) in [5.74, 6) is 0.860. The fraction of sp³-hybridized carbons (Fsp3) is 0.143. The molecule has 36 heavy (non-hydrogen) atoms. The van der Waals surface area contributed by atoms with Crippen LogP contribution in [0.25, 0.3) is 0 Å². The molecule has 0 saturated heterocycles. The lowest BCUT2D eigenvalue weighted by Crippen LogP contribution is -2.38. The van der Waals surface area contributed by atoms with Crippen LogP contribution in [0.5, 0.6) is 11.5 Å². The normalized spacial score (nSPS) is 20.1. The van der Waals surface area contributed by atoms with Crippen molar-refractivity contribution in [2.45, 2.75) is 12.0 Å². The molecular formula is C28H22N4O4. The van der Waals surface area contributed by atoms with Crippen molar-refractivity contribution in [3.8, 4) is 17.6 Å². The van der Waals surface area contributed by atoms with Crippen LogP contribution in [0.2, 0.25) is 0 Å². The predicted molar refractivity (Wildman–Crippen MR) is 135 cm³/mol. The van der Waals surface area contributed by atoms with Gasteiger partial charge in [-0.2, -0.15) is 5.26 Å². The van der Waals surface area contributed by atoms with Gasteiger partial charge in [0.1, 0.15) is 40.4 Å². The third kappa shape index (κ3) is 3.54. The molecule has 0 aromatic heterocycles. The Morgan fingerprint density at radius 1 is 1.00 bits per heavy atom. The van der Waals surface area contributed by atoms with Gasteiger partial charge in [0.15, 0.2) is 5.78 Å². The van der Waals surface area contributed by atoms with E-state index in [0.717, 1.165) is 0 Å². The maximum atomic E-state index is 13.4. The van der Waals surface area contributed by atoms with Gasteiger partial charge in [0, 0.05) is 17.7 Å². The maximum Gasteiger partial charge on any atom is 0.194 e. The number of amidine groups is 2. The number of nitrogens with one attached hydrogen (secondary N) is 1. The number of Topliss-reactive ketones (excluding diaryl/α,β-unsaturated/α-hetero) is 1. The number of ketones is 1. The highest BCUT2D eigenvalue weighted by molar-refractivity contribution is 6.31. The molecule has 0 fully saturated rings. The SMILES string of the molecule is COc1ccc(N=C2CC3(O)C(=C(C#N)C(=N)N2c2ccc(OC)cc2)C(=O)c2ccccc23)cc1. The number of nitriles is 1. The second kappa shape index (κ2) is 8.80. The quantitative estimate of drug-likeness (QED) is 0.569. The molecule has 1 unspecified atom stereocenters. The number of rotatable bonds is 4. The molecule has 0 bridgehead atoms. The van der Waals surface area contributed by atoms with Crippen LogP contribution in [0.1, 0.15) is 22.3 Å². The second-order valence-corrected chi connectivity index (χ2v) is 8.38. The number of hydrogen-bond donors (Lipinski definition) is 2. The largest absolute Gasteiger partial charge is 0.497 e. The Hall–Kier alpha value is -4.74. The van der Waals surface area contributed by atoms with Gasteiger partial charge in [0.25, 0.3) is 0 Å². The van der Waals surface area contributed by atoms with Crippen LogP contribution in [0.15, 0.2) is 88.9 Å². The van der Waals surface area contributed by atoms with Gasteiger partial charge in [-0.05, 0) is 54.1 Å². The predicted octanol–water partition coefficient (Wildman–Crippen LogP) is 4.53. The molecular weight excluding hydrogens is 456 g/mol. The van der Waals surface area contributed by atoms with Crippen LogP contribution < -0.4 is 14.4 Å². The molecule has 0 saturated carbocycles. The van der Waals surface area contributed by atoms with Gasteiger partial charge in [0.2, 0.25) is 0 Å². The molecule has 1 atom stereocenters. The first-order chi connectivity index (χ1) is 17.4. The zero-order valence-corrected chi connectivity index (χ0v) is 19.6. The fourth-order valence-corrected chi connectivity index (χ4v) is 4.68. The second-order valence-electron chi connectivity index (χ2n) is 8.38. The number of nitrogens with zero attached hydrogens (tertiary/aromatic N) is 3. The lowest BCUT2D eigenvalue weighted by atomic mass is 9.86. The van der Waals surface area contributed by atoms with Gasteiger partial charge in [-0.25, -0.2) is 4.99 Å². The molecule has 0 amide bonds. The highest BCUT2D eigenvalue weighted by atomic mass is 16.5. The highest BCUT2D eigenvalue weighted by Gasteiger charge is 2.52. The van der Waals surface area contributed by atoms with E-state index in [9.17, 15) is 15.2 Å². The van der Waals surface area contributed by atoms with Gasteiger partial charge < -0.3 is 14.6 Å². The van der Waals surface area contributed by atoms with E-state index < -0.39 is 11.4 Å². The van der Waals surface area contributed by atoms with E-state index in [4.69, 9.17) is 19.9 Å². The van der Waals surface area contributed by atoms with Crippen molar-refractivity contribution in [3.63, 3.8) is 0 Å². The molecule has 3 aromatic rings. The van der Waals surface area contributed by atoms with Crippen molar-refractivity contribution in [1.29, 1.82) is 10.7 Å². The minimum atomic E-state index is -1.82. The Morgan fingerprint density at radius 3 is 2.22 bits per heavy atom. The zero-order valence-electron chi connectivity index (χ0n) is 19.6. The lowest BCUT2D eigenvalue weighted by Gasteiger charge is -2.28. The van der Waals surface area contributed by atoms with Gasteiger partial charge in [-0.1, -0.05) is 24.3 Å². The number of benzene rings is 3. The summed E-state index contributed by atoms with van der Waals surface area (Å²) < 4.78 is 10.5. The maximum absolute atomic E-state index is 13.4. The number of anilines is 1. The molecule has 2 N–H and O–H groups in total. The third-order valence-electron chi connectivity index (χ3n) is 6.41. The first kappa shape index (κ1) is 23.0. The van der Waals surface area contributed by atoms with Crippen LogP contribution in [0.3, 0.4) is 0 Å². The number of methoxy groups -OCH3 is 2. The smallest absolute Gasteiger partial charge is 0.194 e. The summed E-state index contributed by atoms with van der Waals surface area (Å²) in [4.78, 5) is 19.7. The average molecular weight is 479 g/mol. The topological polar surface area (TPSA) is 119 Å². The Labute approximate surface area is 207 Å². The molecule has 8 nitrogen and oxygen atoms in total. The van der Waals surface area contributed by atoms with Crippen molar-refractivity contribution >= 4 is 28.8 Å². The van der Waals surface area contributed by atoms with Crippen LogP contribution in [0, 0.1) is 16.7 Å². The average Bonchev–Trinajstić information content (AvgIpc) is 3.06. The summed E-state index contributed by atoms with van der Waals surface area (Å²) in [5, 5.41) is 31.2. The fourth-order valence-electron chi connectivity index (χ4n) is 4.68. The Kier molecular flexibility index (Phi) is 5.63.